The Morgan fingerprint density at radius 1 is 1.11 bits per heavy atom. The molecule has 0 bridgehead atoms. The Kier molecular flexibility index (Phi) is 2.84. The Hall–Kier alpha value is -2.13. The molecule has 1 heterocycles. The van der Waals surface area contributed by atoms with Crippen LogP contribution in [0, 0.1) is 5.82 Å². The van der Waals surface area contributed by atoms with Crippen LogP contribution in [0.25, 0.3) is 10.8 Å². The molecule has 0 radical (unpaired) electrons. The molecule has 2 nitrogen and oxygen atoms in total. The number of aryl methyl sites for hydroxylation is 1. The number of halogens is 1. The second kappa shape index (κ2) is 4.52. The van der Waals surface area contributed by atoms with Crippen LogP contribution in [0.15, 0.2) is 54.7 Å². The third-order valence-corrected chi connectivity index (χ3v) is 3.41. The van der Waals surface area contributed by atoms with Gasteiger partial charge in [-0.2, -0.15) is 0 Å². The summed E-state index contributed by atoms with van der Waals surface area (Å²) in [6.07, 6.45) is 0.532. The summed E-state index contributed by atoms with van der Waals surface area (Å²) in [5, 5.41) is 12.5. The lowest BCUT2D eigenvalue weighted by molar-refractivity contribution is 0.213. The molecule has 0 fully saturated rings. The molecule has 0 aliphatic rings. The van der Waals surface area contributed by atoms with Crippen molar-refractivity contribution in [2.75, 3.05) is 0 Å². The van der Waals surface area contributed by atoms with Crippen molar-refractivity contribution in [3.05, 3.63) is 71.8 Å². The van der Waals surface area contributed by atoms with E-state index in [1.807, 2.05) is 42.5 Å². The average Bonchev–Trinajstić information content (AvgIpc) is 2.76. The highest BCUT2D eigenvalue weighted by Gasteiger charge is 2.17. The maximum atomic E-state index is 13.2. The monoisotopic (exact) mass is 255 g/mol. The average molecular weight is 255 g/mol. The van der Waals surface area contributed by atoms with Crippen molar-refractivity contribution < 1.29 is 9.50 Å². The van der Waals surface area contributed by atoms with Gasteiger partial charge >= 0.3 is 0 Å². The van der Waals surface area contributed by atoms with Gasteiger partial charge in [0.15, 0.2) is 0 Å². The minimum Gasteiger partial charge on any atom is -0.382 e. The lowest BCUT2D eigenvalue weighted by atomic mass is 9.99. The van der Waals surface area contributed by atoms with Crippen LogP contribution in [-0.2, 0) is 7.05 Å². The van der Waals surface area contributed by atoms with Crippen molar-refractivity contribution in [1.29, 1.82) is 0 Å². The van der Waals surface area contributed by atoms with E-state index in [1.54, 1.807) is 11.6 Å². The highest BCUT2D eigenvalue weighted by atomic mass is 19.1. The Morgan fingerprint density at radius 2 is 1.84 bits per heavy atom. The minimum absolute atomic E-state index is 0.336. The highest BCUT2D eigenvalue weighted by molar-refractivity contribution is 5.86. The summed E-state index contributed by atoms with van der Waals surface area (Å²) in [5.41, 5.74) is 1.34. The van der Waals surface area contributed by atoms with Crippen molar-refractivity contribution in [1.82, 2.24) is 4.57 Å². The summed E-state index contributed by atoms with van der Waals surface area (Å²) in [4.78, 5) is 0. The molecule has 1 unspecified atom stereocenters. The number of fused-ring (bicyclic) bond motifs is 1. The zero-order valence-electron chi connectivity index (χ0n) is 10.5. The van der Waals surface area contributed by atoms with E-state index in [9.17, 15) is 9.50 Å². The number of hydrogen-bond acceptors (Lipinski definition) is 1. The van der Waals surface area contributed by atoms with Crippen LogP contribution < -0.4 is 0 Å². The Bertz CT molecular complexity index is 727. The van der Waals surface area contributed by atoms with E-state index in [0.717, 1.165) is 16.3 Å². The molecule has 0 aliphatic carbocycles. The molecular weight excluding hydrogens is 241 g/mol. The van der Waals surface area contributed by atoms with Crippen LogP contribution in [0.3, 0.4) is 0 Å². The Balaban J connectivity index is 2.16. The van der Waals surface area contributed by atoms with Crippen LogP contribution in [0.1, 0.15) is 17.4 Å². The van der Waals surface area contributed by atoms with E-state index in [2.05, 4.69) is 0 Å². The number of aliphatic hydroxyl groups is 1. The lowest BCUT2D eigenvalue weighted by Crippen LogP contribution is -2.05. The predicted octanol–water partition coefficient (Wildman–Crippen LogP) is 3.40. The van der Waals surface area contributed by atoms with E-state index >= 15 is 0 Å². The molecule has 1 atom stereocenters. The zero-order valence-corrected chi connectivity index (χ0v) is 10.5. The molecule has 96 valence electrons. The number of rotatable bonds is 2. The first-order valence-corrected chi connectivity index (χ1v) is 6.14. The van der Waals surface area contributed by atoms with E-state index in [-0.39, 0.29) is 5.82 Å². The van der Waals surface area contributed by atoms with Gasteiger partial charge in [-0.1, -0.05) is 42.5 Å². The van der Waals surface area contributed by atoms with Crippen molar-refractivity contribution in [2.45, 2.75) is 6.10 Å². The van der Waals surface area contributed by atoms with E-state index in [4.69, 9.17) is 0 Å². The standard InChI is InChI=1S/C16H14FNO/c1-18-10-12(17)9-15(18)16(19)14-8-4-6-11-5-2-3-7-13(11)14/h2-10,16,19H,1H3. The van der Waals surface area contributed by atoms with Crippen molar-refractivity contribution >= 4 is 10.8 Å². The third-order valence-electron chi connectivity index (χ3n) is 3.41. The fourth-order valence-electron chi connectivity index (χ4n) is 2.46. The van der Waals surface area contributed by atoms with Crippen molar-refractivity contribution in [2.24, 2.45) is 7.05 Å². The molecule has 3 heteroatoms. The fraction of sp³-hybridized carbons (Fsp3) is 0.125. The van der Waals surface area contributed by atoms with Gasteiger partial charge in [-0.25, -0.2) is 4.39 Å². The highest BCUT2D eigenvalue weighted by Crippen LogP contribution is 2.29. The number of nitrogens with zero attached hydrogens (tertiary/aromatic N) is 1. The summed E-state index contributed by atoms with van der Waals surface area (Å²) in [7, 11) is 1.73. The number of benzene rings is 2. The normalized spacial score (nSPS) is 12.8. The SMILES string of the molecule is Cn1cc(F)cc1C(O)c1cccc2ccccc12. The summed E-state index contributed by atoms with van der Waals surface area (Å²) >= 11 is 0. The molecule has 0 saturated carbocycles. The number of aromatic nitrogens is 1. The first-order chi connectivity index (χ1) is 9.16. The molecular formula is C16H14FNO. The van der Waals surface area contributed by atoms with Crippen molar-refractivity contribution in [3.63, 3.8) is 0 Å². The van der Waals surface area contributed by atoms with E-state index in [1.165, 1.54) is 12.3 Å². The van der Waals surface area contributed by atoms with Crippen LogP contribution in [-0.4, -0.2) is 9.67 Å². The maximum absolute atomic E-state index is 13.2. The maximum Gasteiger partial charge on any atom is 0.141 e. The Labute approximate surface area is 110 Å². The molecule has 3 rings (SSSR count). The smallest absolute Gasteiger partial charge is 0.141 e. The summed E-state index contributed by atoms with van der Waals surface area (Å²) in [6, 6.07) is 15.0. The molecule has 1 N–H and O–H groups in total. The molecule has 3 aromatic rings. The van der Waals surface area contributed by atoms with Gasteiger partial charge in [0.25, 0.3) is 0 Å². The van der Waals surface area contributed by atoms with Gasteiger partial charge in [-0.15, -0.1) is 0 Å². The molecule has 19 heavy (non-hydrogen) atoms. The summed E-state index contributed by atoms with van der Waals surface area (Å²) in [6.45, 7) is 0. The van der Waals surface area contributed by atoms with Crippen molar-refractivity contribution in [3.8, 4) is 0 Å². The molecule has 0 aliphatic heterocycles. The van der Waals surface area contributed by atoms with Gasteiger partial charge in [0.1, 0.15) is 11.9 Å². The van der Waals surface area contributed by atoms with E-state index in [0.29, 0.717) is 5.69 Å². The van der Waals surface area contributed by atoms with Gasteiger partial charge in [0.2, 0.25) is 0 Å². The number of aliphatic hydroxyl groups excluding tert-OH is 1. The first kappa shape index (κ1) is 11.9. The van der Waals surface area contributed by atoms with Crippen LogP contribution in [0.2, 0.25) is 0 Å². The van der Waals surface area contributed by atoms with Crippen LogP contribution in [0.4, 0.5) is 4.39 Å². The van der Waals surface area contributed by atoms with Gasteiger partial charge in [-0.3, -0.25) is 0 Å². The van der Waals surface area contributed by atoms with E-state index < -0.39 is 6.10 Å². The Morgan fingerprint density at radius 3 is 2.58 bits per heavy atom. The first-order valence-electron chi connectivity index (χ1n) is 6.14. The molecule has 0 amide bonds. The van der Waals surface area contributed by atoms with Crippen LogP contribution in [0.5, 0.6) is 0 Å². The topological polar surface area (TPSA) is 25.2 Å². The van der Waals surface area contributed by atoms with Gasteiger partial charge in [0, 0.05) is 13.2 Å². The summed E-state index contributed by atoms with van der Waals surface area (Å²) < 4.78 is 14.9. The molecule has 1 aromatic heterocycles. The van der Waals surface area contributed by atoms with Crippen LogP contribution >= 0.6 is 0 Å². The number of hydrogen-bond donors (Lipinski definition) is 1. The third kappa shape index (κ3) is 2.02. The minimum atomic E-state index is -0.833. The molecule has 2 aromatic carbocycles. The molecule has 0 saturated heterocycles. The quantitative estimate of drug-likeness (QED) is 0.746. The molecule has 0 spiro atoms. The van der Waals surface area contributed by atoms with Gasteiger partial charge in [-0.05, 0) is 22.4 Å². The largest absolute Gasteiger partial charge is 0.382 e. The predicted molar refractivity (Wildman–Crippen MR) is 73.4 cm³/mol. The van der Waals surface area contributed by atoms with Gasteiger partial charge < -0.3 is 9.67 Å². The summed E-state index contributed by atoms with van der Waals surface area (Å²) in [5.74, 6) is -0.336. The zero-order chi connectivity index (χ0) is 13.4. The van der Waals surface area contributed by atoms with Gasteiger partial charge in [0.05, 0.1) is 5.69 Å². The lowest BCUT2D eigenvalue weighted by Gasteiger charge is -2.14. The second-order valence-corrected chi connectivity index (χ2v) is 4.67. The second-order valence-electron chi connectivity index (χ2n) is 4.67. The fourth-order valence-corrected chi connectivity index (χ4v) is 2.46.